The van der Waals surface area contributed by atoms with E-state index < -0.39 is 0 Å². The quantitative estimate of drug-likeness (QED) is 0.665. The first kappa shape index (κ1) is 17.9. The monoisotopic (exact) mass is 438 g/mol. The zero-order chi connectivity index (χ0) is 19.1. The van der Waals surface area contributed by atoms with Crippen LogP contribution in [-0.4, -0.2) is 46.1 Å². The largest absolute Gasteiger partial charge is 0.356 e. The predicted molar refractivity (Wildman–Crippen MR) is 115 cm³/mol. The van der Waals surface area contributed by atoms with Gasteiger partial charge in [-0.05, 0) is 72.3 Å². The molecule has 6 nitrogen and oxygen atoms in total. The predicted octanol–water partition coefficient (Wildman–Crippen LogP) is 3.91. The molecule has 28 heavy (non-hydrogen) atoms. The summed E-state index contributed by atoms with van der Waals surface area (Å²) in [5.74, 6) is 2.34. The minimum Gasteiger partial charge on any atom is -0.356 e. The SMILES string of the molecule is CN(c1nc(-c2ccncc2Br)nc2cncc(C3CC3)c12)C1CCNCC1. The van der Waals surface area contributed by atoms with E-state index >= 15 is 0 Å². The molecule has 0 atom stereocenters. The molecule has 5 rings (SSSR count). The van der Waals surface area contributed by atoms with Gasteiger partial charge in [0.2, 0.25) is 0 Å². The average molecular weight is 439 g/mol. The van der Waals surface area contributed by atoms with Crippen LogP contribution in [0.4, 0.5) is 5.82 Å². The molecule has 0 amide bonds. The van der Waals surface area contributed by atoms with Crippen molar-refractivity contribution in [3.8, 4) is 11.4 Å². The number of aromatic nitrogens is 4. The van der Waals surface area contributed by atoms with E-state index in [-0.39, 0.29) is 0 Å². The van der Waals surface area contributed by atoms with Gasteiger partial charge in [-0.2, -0.15) is 0 Å². The third kappa shape index (κ3) is 3.26. The maximum Gasteiger partial charge on any atom is 0.163 e. The molecule has 0 radical (unpaired) electrons. The van der Waals surface area contributed by atoms with Gasteiger partial charge >= 0.3 is 0 Å². The fourth-order valence-electron chi connectivity index (χ4n) is 4.09. The van der Waals surface area contributed by atoms with E-state index in [9.17, 15) is 0 Å². The molecule has 1 N–H and O–H groups in total. The molecule has 0 aromatic carbocycles. The molecule has 1 saturated carbocycles. The highest BCUT2D eigenvalue weighted by atomic mass is 79.9. The van der Waals surface area contributed by atoms with Gasteiger partial charge < -0.3 is 10.2 Å². The van der Waals surface area contributed by atoms with Crippen molar-refractivity contribution in [1.29, 1.82) is 0 Å². The molecule has 144 valence electrons. The molecule has 0 spiro atoms. The number of hydrogen-bond donors (Lipinski definition) is 1. The highest BCUT2D eigenvalue weighted by Crippen LogP contribution is 2.45. The Morgan fingerprint density at radius 3 is 2.61 bits per heavy atom. The van der Waals surface area contributed by atoms with Gasteiger partial charge in [0.25, 0.3) is 0 Å². The van der Waals surface area contributed by atoms with Crippen LogP contribution < -0.4 is 10.2 Å². The maximum atomic E-state index is 5.09. The van der Waals surface area contributed by atoms with Crippen molar-refractivity contribution in [2.45, 2.75) is 37.6 Å². The van der Waals surface area contributed by atoms with Crippen LogP contribution >= 0.6 is 15.9 Å². The highest BCUT2D eigenvalue weighted by molar-refractivity contribution is 9.10. The van der Waals surface area contributed by atoms with Gasteiger partial charge in [-0.15, -0.1) is 0 Å². The molecule has 1 saturated heterocycles. The van der Waals surface area contributed by atoms with Crippen molar-refractivity contribution in [1.82, 2.24) is 25.3 Å². The van der Waals surface area contributed by atoms with Crippen LogP contribution in [0.2, 0.25) is 0 Å². The Bertz CT molecular complexity index is 1010. The van der Waals surface area contributed by atoms with E-state index in [1.54, 1.807) is 12.4 Å². The summed E-state index contributed by atoms with van der Waals surface area (Å²) in [5, 5.41) is 4.63. The fourth-order valence-corrected chi connectivity index (χ4v) is 4.52. The first-order valence-electron chi connectivity index (χ1n) is 9.91. The number of piperidine rings is 1. The van der Waals surface area contributed by atoms with Gasteiger partial charge in [0, 0.05) is 47.1 Å². The Morgan fingerprint density at radius 2 is 1.86 bits per heavy atom. The zero-order valence-corrected chi connectivity index (χ0v) is 17.5. The average Bonchev–Trinajstić information content (AvgIpc) is 3.58. The van der Waals surface area contributed by atoms with Crippen molar-refractivity contribution in [3.63, 3.8) is 0 Å². The van der Waals surface area contributed by atoms with Gasteiger partial charge in [0.15, 0.2) is 5.82 Å². The Kier molecular flexibility index (Phi) is 4.72. The van der Waals surface area contributed by atoms with Gasteiger partial charge in [-0.3, -0.25) is 9.97 Å². The molecule has 2 aliphatic rings. The van der Waals surface area contributed by atoms with Gasteiger partial charge in [-0.25, -0.2) is 9.97 Å². The Balaban J connectivity index is 1.71. The van der Waals surface area contributed by atoms with Crippen LogP contribution in [0, 0.1) is 0 Å². The lowest BCUT2D eigenvalue weighted by atomic mass is 10.0. The number of hydrogen-bond acceptors (Lipinski definition) is 6. The number of anilines is 1. The van der Waals surface area contributed by atoms with E-state index in [1.165, 1.54) is 23.8 Å². The molecule has 4 heterocycles. The molecule has 1 aliphatic carbocycles. The normalized spacial score (nSPS) is 17.8. The molecular weight excluding hydrogens is 416 g/mol. The van der Waals surface area contributed by atoms with Gasteiger partial charge in [0.1, 0.15) is 5.82 Å². The molecule has 0 bridgehead atoms. The van der Waals surface area contributed by atoms with E-state index in [1.807, 2.05) is 18.5 Å². The molecule has 0 unspecified atom stereocenters. The lowest BCUT2D eigenvalue weighted by Crippen LogP contribution is -2.41. The van der Waals surface area contributed by atoms with E-state index in [4.69, 9.17) is 9.97 Å². The van der Waals surface area contributed by atoms with Crippen molar-refractivity contribution in [2.75, 3.05) is 25.0 Å². The van der Waals surface area contributed by atoms with Gasteiger partial charge in [0.05, 0.1) is 11.7 Å². The van der Waals surface area contributed by atoms with Crippen LogP contribution in [-0.2, 0) is 0 Å². The zero-order valence-electron chi connectivity index (χ0n) is 15.9. The third-order valence-electron chi connectivity index (χ3n) is 5.84. The Morgan fingerprint density at radius 1 is 1.04 bits per heavy atom. The highest BCUT2D eigenvalue weighted by Gasteiger charge is 2.30. The van der Waals surface area contributed by atoms with Crippen LogP contribution in [0.15, 0.2) is 35.3 Å². The van der Waals surface area contributed by atoms with Crippen molar-refractivity contribution in [3.05, 3.63) is 40.9 Å². The standard InChI is InChI=1S/C21H23BrN6/c1-28(14-4-7-23-8-5-14)21-19-16(13-2-3-13)10-25-12-18(19)26-20(27-21)15-6-9-24-11-17(15)22/h6,9-14,23H,2-5,7-8H2,1H3. The van der Waals surface area contributed by atoms with Gasteiger partial charge in [-0.1, -0.05) is 0 Å². The number of halogens is 1. The molecule has 1 aliphatic heterocycles. The molecule has 7 heteroatoms. The summed E-state index contributed by atoms with van der Waals surface area (Å²) in [6, 6.07) is 2.44. The third-order valence-corrected chi connectivity index (χ3v) is 6.47. The summed E-state index contributed by atoms with van der Waals surface area (Å²) < 4.78 is 0.899. The van der Waals surface area contributed by atoms with Crippen LogP contribution in [0.1, 0.15) is 37.2 Å². The fraction of sp³-hybridized carbons (Fsp3) is 0.429. The summed E-state index contributed by atoms with van der Waals surface area (Å²) in [6.07, 6.45) is 12.2. The number of nitrogens with zero attached hydrogens (tertiary/aromatic N) is 5. The number of rotatable bonds is 4. The summed E-state index contributed by atoms with van der Waals surface area (Å²) >= 11 is 3.60. The minimum atomic E-state index is 0.480. The minimum absolute atomic E-state index is 0.480. The van der Waals surface area contributed by atoms with Crippen molar-refractivity contribution < 1.29 is 0 Å². The van der Waals surface area contributed by atoms with E-state index in [2.05, 4.69) is 43.2 Å². The maximum absolute atomic E-state index is 5.09. The Hall–Kier alpha value is -2.12. The van der Waals surface area contributed by atoms with Crippen molar-refractivity contribution in [2.24, 2.45) is 0 Å². The first-order valence-corrected chi connectivity index (χ1v) is 10.7. The second kappa shape index (κ2) is 7.37. The summed E-state index contributed by atoms with van der Waals surface area (Å²) in [5.41, 5.74) is 3.18. The van der Waals surface area contributed by atoms with E-state index in [0.29, 0.717) is 17.8 Å². The summed E-state index contributed by atoms with van der Waals surface area (Å²) in [4.78, 5) is 21.0. The molecular formula is C21H23BrN6. The second-order valence-corrected chi connectivity index (χ2v) is 8.57. The number of nitrogens with one attached hydrogen (secondary N) is 1. The molecule has 2 fully saturated rings. The van der Waals surface area contributed by atoms with Crippen molar-refractivity contribution >= 4 is 32.7 Å². The first-order chi connectivity index (χ1) is 13.7. The van der Waals surface area contributed by atoms with E-state index in [0.717, 1.165) is 47.3 Å². The van der Waals surface area contributed by atoms with Crippen LogP contribution in [0.25, 0.3) is 22.3 Å². The van der Waals surface area contributed by atoms with Crippen LogP contribution in [0.3, 0.4) is 0 Å². The summed E-state index contributed by atoms with van der Waals surface area (Å²) in [7, 11) is 2.18. The number of fused-ring (bicyclic) bond motifs is 1. The molecule has 3 aromatic heterocycles. The molecule has 3 aromatic rings. The topological polar surface area (TPSA) is 66.8 Å². The smallest absolute Gasteiger partial charge is 0.163 e. The Labute approximate surface area is 172 Å². The summed E-state index contributed by atoms with van der Waals surface area (Å²) in [6.45, 7) is 2.11. The van der Waals surface area contributed by atoms with Crippen LogP contribution in [0.5, 0.6) is 0 Å². The second-order valence-electron chi connectivity index (χ2n) is 7.72. The lowest BCUT2D eigenvalue weighted by Gasteiger charge is -2.33. The lowest BCUT2D eigenvalue weighted by molar-refractivity contribution is 0.442. The number of pyridine rings is 2.